The van der Waals surface area contributed by atoms with Crippen LogP contribution in [0.2, 0.25) is 10.0 Å². The Morgan fingerprint density at radius 1 is 0.490 bits per heavy atom. The fourth-order valence-electron chi connectivity index (χ4n) is 5.72. The van der Waals surface area contributed by atoms with Gasteiger partial charge in [-0.15, -0.1) is 0 Å². The second-order valence-electron chi connectivity index (χ2n) is 10.8. The minimum absolute atomic E-state index is 0.105. The predicted molar refractivity (Wildman–Crippen MR) is 183 cm³/mol. The molecule has 0 spiro atoms. The van der Waals surface area contributed by atoms with Crippen molar-refractivity contribution in [2.75, 3.05) is 14.2 Å². The maximum absolute atomic E-state index is 15.9. The second kappa shape index (κ2) is 13.6. The molecule has 0 heterocycles. The Labute approximate surface area is 290 Å². The minimum atomic E-state index is -4.66. The number of rotatable bonds is 8. The minimum Gasteiger partial charge on any atom is -0.496 e. The van der Waals surface area contributed by atoms with E-state index in [2.05, 4.69) is 0 Å². The number of methoxy groups -OCH3 is 2. The fraction of sp³-hybridized carbons (Fsp3) is 0.0526. The zero-order valence-corrected chi connectivity index (χ0v) is 28.0. The predicted octanol–water partition coefficient (Wildman–Crippen LogP) is 11.1. The summed E-state index contributed by atoms with van der Waals surface area (Å²) < 4.78 is 103. The molecule has 0 fully saturated rings. The molecule has 49 heavy (non-hydrogen) atoms. The Bertz CT molecular complexity index is 2160. The average Bonchev–Trinajstić information content (AvgIpc) is 3.08. The van der Waals surface area contributed by atoms with Crippen LogP contribution in [0.25, 0.3) is 44.5 Å². The average molecular weight is 724 g/mol. The highest BCUT2D eigenvalue weighted by Crippen LogP contribution is 2.42. The molecule has 4 nitrogen and oxygen atoms in total. The molecule has 0 aliphatic rings. The van der Waals surface area contributed by atoms with Gasteiger partial charge in [-0.2, -0.15) is 0 Å². The summed E-state index contributed by atoms with van der Waals surface area (Å²) in [4.78, 5) is -0.955. The molecule has 0 N–H and O–H groups in total. The molecule has 0 aliphatic heterocycles. The van der Waals surface area contributed by atoms with Crippen molar-refractivity contribution in [2.45, 2.75) is 9.79 Å². The summed E-state index contributed by atoms with van der Waals surface area (Å²) in [5.74, 6) is -3.60. The van der Waals surface area contributed by atoms with Crippen LogP contribution in [0.5, 0.6) is 11.5 Å². The molecule has 0 atom stereocenters. The molecule has 0 aromatic heterocycles. The number of ether oxygens (including phenoxy) is 2. The molecule has 6 aromatic rings. The van der Waals surface area contributed by atoms with Crippen molar-refractivity contribution in [3.63, 3.8) is 0 Å². The van der Waals surface area contributed by atoms with Crippen LogP contribution in [-0.2, 0) is 9.84 Å². The lowest BCUT2D eigenvalue weighted by molar-refractivity contribution is 0.416. The summed E-state index contributed by atoms with van der Waals surface area (Å²) in [7, 11) is -1.87. The maximum atomic E-state index is 15.9. The van der Waals surface area contributed by atoms with E-state index in [4.69, 9.17) is 32.7 Å². The SMILES string of the molecule is COc1ccc(Cl)cc1-c1cc(F)c(-c2ccccc2S(=O)(=O)c2ccccc2-c2c(F)cc(-c3cc(Cl)ccc3OC)cc2F)c(F)c1. The Morgan fingerprint density at radius 3 is 1.18 bits per heavy atom. The van der Waals surface area contributed by atoms with E-state index >= 15 is 17.6 Å². The van der Waals surface area contributed by atoms with Crippen LogP contribution in [0.15, 0.2) is 119 Å². The van der Waals surface area contributed by atoms with Crippen molar-refractivity contribution in [1.82, 2.24) is 0 Å². The summed E-state index contributed by atoms with van der Waals surface area (Å²) >= 11 is 12.2. The molecule has 6 rings (SSSR count). The van der Waals surface area contributed by atoms with Crippen LogP contribution in [0.4, 0.5) is 17.6 Å². The van der Waals surface area contributed by atoms with E-state index in [0.717, 1.165) is 24.3 Å². The van der Waals surface area contributed by atoms with Gasteiger partial charge in [0.1, 0.15) is 34.8 Å². The van der Waals surface area contributed by atoms with Crippen molar-refractivity contribution >= 4 is 33.0 Å². The lowest BCUT2D eigenvalue weighted by atomic mass is 9.98. The third kappa shape index (κ3) is 6.37. The van der Waals surface area contributed by atoms with E-state index in [1.165, 1.54) is 74.9 Å². The lowest BCUT2D eigenvalue weighted by Gasteiger charge is -2.17. The largest absolute Gasteiger partial charge is 0.496 e. The number of hydrogen-bond donors (Lipinski definition) is 0. The standard InChI is InChI=1S/C38H24Cl2F4O4S/c1-47-33-13-11-23(39)19-27(33)21-15-29(41)37(30(42)16-21)25-7-3-5-9-35(25)49(45,46)36-10-6-4-8-26(36)38-31(43)17-22(18-32(38)44)28-20-24(40)12-14-34(28)48-2/h3-20H,1-2H3. The first-order valence-corrected chi connectivity index (χ1v) is 16.8. The van der Waals surface area contributed by atoms with E-state index in [1.54, 1.807) is 24.3 Å². The van der Waals surface area contributed by atoms with Crippen molar-refractivity contribution in [3.05, 3.63) is 143 Å². The number of benzene rings is 6. The van der Waals surface area contributed by atoms with Gasteiger partial charge in [-0.1, -0.05) is 59.6 Å². The van der Waals surface area contributed by atoms with E-state index in [0.29, 0.717) is 32.7 Å². The molecule has 6 aromatic carbocycles. The molecule has 0 radical (unpaired) electrons. The van der Waals surface area contributed by atoms with Gasteiger partial charge in [-0.05, 0) is 83.9 Å². The highest BCUT2D eigenvalue weighted by Gasteiger charge is 2.30. The van der Waals surface area contributed by atoms with Gasteiger partial charge in [0, 0.05) is 32.3 Å². The first-order valence-electron chi connectivity index (χ1n) is 14.5. The van der Waals surface area contributed by atoms with Gasteiger partial charge >= 0.3 is 0 Å². The molecule has 0 aliphatic carbocycles. The van der Waals surface area contributed by atoms with Crippen molar-refractivity contribution in [1.29, 1.82) is 0 Å². The molecular formula is C38H24Cl2F4O4S. The van der Waals surface area contributed by atoms with Crippen molar-refractivity contribution in [2.24, 2.45) is 0 Å². The highest BCUT2D eigenvalue weighted by atomic mass is 35.5. The Hall–Kier alpha value is -4.83. The van der Waals surface area contributed by atoms with Gasteiger partial charge in [0.25, 0.3) is 0 Å². The van der Waals surface area contributed by atoms with E-state index in [1.807, 2.05) is 0 Å². The quantitative estimate of drug-likeness (QED) is 0.147. The topological polar surface area (TPSA) is 52.6 Å². The van der Waals surface area contributed by atoms with Gasteiger partial charge < -0.3 is 9.47 Å². The number of sulfone groups is 1. The van der Waals surface area contributed by atoms with Gasteiger partial charge in [0.2, 0.25) is 9.84 Å². The summed E-state index contributed by atoms with van der Waals surface area (Å²) in [6.45, 7) is 0. The van der Waals surface area contributed by atoms with Crippen LogP contribution in [0.1, 0.15) is 0 Å². The zero-order valence-electron chi connectivity index (χ0n) is 25.7. The highest BCUT2D eigenvalue weighted by molar-refractivity contribution is 7.91. The van der Waals surface area contributed by atoms with Crippen LogP contribution in [0, 0.1) is 23.3 Å². The molecule has 0 saturated carbocycles. The van der Waals surface area contributed by atoms with Crippen molar-refractivity contribution in [3.8, 4) is 56.0 Å². The first kappa shape index (κ1) is 34.0. The molecule has 11 heteroatoms. The normalized spacial score (nSPS) is 11.4. The monoisotopic (exact) mass is 722 g/mol. The molecule has 0 bridgehead atoms. The number of halogens is 6. The van der Waals surface area contributed by atoms with Gasteiger partial charge in [-0.25, -0.2) is 26.0 Å². The third-order valence-electron chi connectivity index (χ3n) is 7.92. The molecule has 0 amide bonds. The third-order valence-corrected chi connectivity index (χ3v) is 10.3. The second-order valence-corrected chi connectivity index (χ2v) is 13.6. The van der Waals surface area contributed by atoms with Gasteiger partial charge in [0.15, 0.2) is 0 Å². The van der Waals surface area contributed by atoms with Gasteiger partial charge in [-0.3, -0.25) is 0 Å². The smallest absolute Gasteiger partial charge is 0.207 e. The van der Waals surface area contributed by atoms with E-state index < -0.39 is 54.0 Å². The zero-order chi connectivity index (χ0) is 35.0. The maximum Gasteiger partial charge on any atom is 0.207 e. The number of hydrogen-bond acceptors (Lipinski definition) is 4. The first-order chi connectivity index (χ1) is 23.4. The molecule has 248 valence electrons. The lowest BCUT2D eigenvalue weighted by Crippen LogP contribution is -2.08. The van der Waals surface area contributed by atoms with E-state index in [9.17, 15) is 8.42 Å². The summed E-state index contributed by atoms with van der Waals surface area (Å²) in [6, 6.07) is 23.9. The van der Waals surface area contributed by atoms with Crippen LogP contribution in [0.3, 0.4) is 0 Å². The van der Waals surface area contributed by atoms with Gasteiger partial charge in [0.05, 0.1) is 35.1 Å². The molecular weight excluding hydrogens is 699 g/mol. The molecule has 0 saturated heterocycles. The molecule has 0 unspecified atom stereocenters. The van der Waals surface area contributed by atoms with E-state index in [-0.39, 0.29) is 22.3 Å². The summed E-state index contributed by atoms with van der Waals surface area (Å²) in [6.07, 6.45) is 0. The van der Waals surface area contributed by atoms with Crippen LogP contribution < -0.4 is 9.47 Å². The van der Waals surface area contributed by atoms with Crippen LogP contribution in [-0.4, -0.2) is 22.6 Å². The Balaban J connectivity index is 1.48. The fourth-order valence-corrected chi connectivity index (χ4v) is 7.73. The summed E-state index contributed by atoms with van der Waals surface area (Å²) in [5, 5.41) is 0.616. The van der Waals surface area contributed by atoms with Crippen molar-refractivity contribution < 1.29 is 35.5 Å². The Morgan fingerprint density at radius 2 is 0.837 bits per heavy atom. The Kier molecular flexibility index (Phi) is 9.44. The summed E-state index contributed by atoms with van der Waals surface area (Å²) in [5.41, 5.74) is -0.960. The van der Waals surface area contributed by atoms with Crippen LogP contribution >= 0.6 is 23.2 Å².